The summed E-state index contributed by atoms with van der Waals surface area (Å²) in [5, 5.41) is 8.74. The molecule has 1 rings (SSSR count). The van der Waals surface area contributed by atoms with E-state index >= 15 is 0 Å². The van der Waals surface area contributed by atoms with Crippen molar-refractivity contribution in [3.05, 3.63) is 18.2 Å². The van der Waals surface area contributed by atoms with Gasteiger partial charge < -0.3 is 14.4 Å². The molecule has 0 aliphatic carbocycles. The molecule has 1 heterocycles. The lowest BCUT2D eigenvalue weighted by Crippen LogP contribution is -2.10. The van der Waals surface area contributed by atoms with E-state index in [-0.39, 0.29) is 6.61 Å². The van der Waals surface area contributed by atoms with Gasteiger partial charge in [0.05, 0.1) is 19.8 Å². The van der Waals surface area contributed by atoms with Gasteiger partial charge in [0.15, 0.2) is 0 Å². The third-order valence-electron chi connectivity index (χ3n) is 5.52. The van der Waals surface area contributed by atoms with Crippen LogP contribution in [0.5, 0.6) is 0 Å². The highest BCUT2D eigenvalue weighted by molar-refractivity contribution is 4.92. The van der Waals surface area contributed by atoms with Gasteiger partial charge in [-0.15, -0.1) is 0 Å². The molecule has 0 atom stereocenters. The molecule has 0 spiro atoms. The van der Waals surface area contributed by atoms with Crippen LogP contribution in [-0.2, 0) is 17.7 Å². The van der Waals surface area contributed by atoms with Crippen molar-refractivity contribution in [3.8, 4) is 0 Å². The van der Waals surface area contributed by atoms with E-state index in [1.54, 1.807) is 0 Å². The fourth-order valence-corrected chi connectivity index (χ4v) is 3.76. The van der Waals surface area contributed by atoms with Gasteiger partial charge in [0, 0.05) is 25.4 Å². The summed E-state index contributed by atoms with van der Waals surface area (Å²) >= 11 is 0. The quantitative estimate of drug-likeness (QED) is 0.249. The van der Waals surface area contributed by atoms with Crippen LogP contribution in [0.15, 0.2) is 12.4 Å². The number of aromatic nitrogens is 2. The maximum absolute atomic E-state index is 8.74. The van der Waals surface area contributed by atoms with Crippen molar-refractivity contribution in [3.63, 3.8) is 0 Å². The predicted octanol–water partition coefficient (Wildman–Crippen LogP) is 6.31. The second kappa shape index (κ2) is 19.4. The molecule has 0 radical (unpaired) electrons. The Morgan fingerprint density at radius 1 is 0.786 bits per heavy atom. The van der Waals surface area contributed by atoms with Gasteiger partial charge in [0.25, 0.3) is 0 Å². The molecule has 0 bridgehead atoms. The number of aliphatic hydroxyl groups is 1. The molecule has 1 N–H and O–H groups in total. The molecule has 0 saturated carbocycles. The molecule has 1 aromatic rings. The Kier molecular flexibility index (Phi) is 17.5. The molecular weight excluding hydrogens is 348 g/mol. The van der Waals surface area contributed by atoms with Gasteiger partial charge in [-0.1, -0.05) is 96.8 Å². The number of nitrogens with zero attached hydrogens (tertiary/aromatic N) is 2. The first kappa shape index (κ1) is 25.2. The SMILES string of the molecule is CCCCCCCCCCCCCCCCCc1nccn1CCOCCO. The van der Waals surface area contributed by atoms with Crippen LogP contribution >= 0.6 is 0 Å². The summed E-state index contributed by atoms with van der Waals surface area (Å²) < 4.78 is 7.53. The first-order chi connectivity index (χ1) is 13.9. The average molecular weight is 395 g/mol. The maximum atomic E-state index is 8.74. The summed E-state index contributed by atoms with van der Waals surface area (Å²) in [7, 11) is 0. The van der Waals surface area contributed by atoms with Gasteiger partial charge in [0.1, 0.15) is 5.82 Å². The van der Waals surface area contributed by atoms with Crippen LogP contribution in [0.4, 0.5) is 0 Å². The molecule has 4 nitrogen and oxygen atoms in total. The molecule has 0 fully saturated rings. The fourth-order valence-electron chi connectivity index (χ4n) is 3.76. The third kappa shape index (κ3) is 14.2. The lowest BCUT2D eigenvalue weighted by Gasteiger charge is -2.08. The lowest BCUT2D eigenvalue weighted by molar-refractivity contribution is 0.0866. The van der Waals surface area contributed by atoms with Crippen LogP contribution in [0.1, 0.15) is 109 Å². The number of hydrogen-bond donors (Lipinski definition) is 1. The summed E-state index contributed by atoms with van der Waals surface area (Å²) in [5.74, 6) is 1.17. The highest BCUT2D eigenvalue weighted by atomic mass is 16.5. The first-order valence-corrected chi connectivity index (χ1v) is 12.1. The molecule has 0 saturated heterocycles. The Bertz CT molecular complexity index is 434. The van der Waals surface area contributed by atoms with E-state index in [1.165, 1.54) is 102 Å². The fraction of sp³-hybridized carbons (Fsp3) is 0.875. The van der Waals surface area contributed by atoms with E-state index in [2.05, 4.69) is 16.5 Å². The van der Waals surface area contributed by atoms with Crippen LogP contribution in [0, 0.1) is 0 Å². The van der Waals surface area contributed by atoms with E-state index in [4.69, 9.17) is 9.84 Å². The normalized spacial score (nSPS) is 11.4. The van der Waals surface area contributed by atoms with Gasteiger partial charge >= 0.3 is 0 Å². The van der Waals surface area contributed by atoms with Crippen LogP contribution < -0.4 is 0 Å². The van der Waals surface area contributed by atoms with E-state index in [0.29, 0.717) is 13.2 Å². The van der Waals surface area contributed by atoms with Crippen LogP contribution in [0.3, 0.4) is 0 Å². The third-order valence-corrected chi connectivity index (χ3v) is 5.52. The van der Waals surface area contributed by atoms with E-state index in [1.807, 2.05) is 12.4 Å². The molecule has 164 valence electrons. The van der Waals surface area contributed by atoms with Crippen LogP contribution in [0.25, 0.3) is 0 Å². The predicted molar refractivity (Wildman–Crippen MR) is 119 cm³/mol. The topological polar surface area (TPSA) is 47.3 Å². The van der Waals surface area contributed by atoms with Crippen molar-refractivity contribution in [2.75, 3.05) is 19.8 Å². The highest BCUT2D eigenvalue weighted by Crippen LogP contribution is 2.14. The molecule has 0 unspecified atom stereocenters. The van der Waals surface area contributed by atoms with Crippen molar-refractivity contribution in [1.29, 1.82) is 0 Å². The number of imidazole rings is 1. The Morgan fingerprint density at radius 3 is 1.86 bits per heavy atom. The smallest absolute Gasteiger partial charge is 0.108 e. The Hall–Kier alpha value is -0.870. The van der Waals surface area contributed by atoms with Gasteiger partial charge in [-0.2, -0.15) is 0 Å². The van der Waals surface area contributed by atoms with Crippen LogP contribution in [0.2, 0.25) is 0 Å². The zero-order chi connectivity index (χ0) is 20.1. The number of aryl methyl sites for hydroxylation is 1. The second-order valence-corrected chi connectivity index (χ2v) is 8.07. The van der Waals surface area contributed by atoms with Gasteiger partial charge in [-0.25, -0.2) is 4.98 Å². The summed E-state index contributed by atoms with van der Waals surface area (Å²) in [6.45, 7) is 4.27. The molecule has 4 heteroatoms. The van der Waals surface area contributed by atoms with Crippen molar-refractivity contribution in [2.24, 2.45) is 0 Å². The number of ether oxygens (including phenoxy) is 1. The molecular formula is C24H46N2O2. The van der Waals surface area contributed by atoms with Crippen LogP contribution in [-0.4, -0.2) is 34.5 Å². The molecule has 0 amide bonds. The minimum atomic E-state index is 0.0932. The largest absolute Gasteiger partial charge is 0.394 e. The Morgan fingerprint density at radius 2 is 1.32 bits per heavy atom. The molecule has 1 aromatic heterocycles. The molecule has 0 aliphatic heterocycles. The van der Waals surface area contributed by atoms with Gasteiger partial charge in [-0.05, 0) is 6.42 Å². The van der Waals surface area contributed by atoms with Crippen molar-refractivity contribution >= 4 is 0 Å². The molecule has 0 aliphatic rings. The van der Waals surface area contributed by atoms with Crippen molar-refractivity contribution < 1.29 is 9.84 Å². The monoisotopic (exact) mass is 394 g/mol. The number of rotatable bonds is 21. The lowest BCUT2D eigenvalue weighted by atomic mass is 10.0. The Balaban J connectivity index is 1.85. The summed E-state index contributed by atoms with van der Waals surface area (Å²) in [4.78, 5) is 4.48. The Labute approximate surface area is 174 Å². The first-order valence-electron chi connectivity index (χ1n) is 12.1. The zero-order valence-corrected chi connectivity index (χ0v) is 18.5. The highest BCUT2D eigenvalue weighted by Gasteiger charge is 2.02. The summed E-state index contributed by atoms with van der Waals surface area (Å²) in [6.07, 6.45) is 26.0. The van der Waals surface area contributed by atoms with Crippen molar-refractivity contribution in [2.45, 2.75) is 116 Å². The van der Waals surface area contributed by atoms with Gasteiger partial charge in [-0.3, -0.25) is 0 Å². The number of aliphatic hydroxyl groups excluding tert-OH is 1. The van der Waals surface area contributed by atoms with Gasteiger partial charge in [0.2, 0.25) is 0 Å². The summed E-state index contributed by atoms with van der Waals surface area (Å²) in [5.41, 5.74) is 0. The second-order valence-electron chi connectivity index (χ2n) is 8.07. The van der Waals surface area contributed by atoms with E-state index in [0.717, 1.165) is 13.0 Å². The van der Waals surface area contributed by atoms with E-state index < -0.39 is 0 Å². The minimum absolute atomic E-state index is 0.0932. The zero-order valence-electron chi connectivity index (χ0n) is 18.5. The minimum Gasteiger partial charge on any atom is -0.394 e. The molecule has 28 heavy (non-hydrogen) atoms. The number of hydrogen-bond acceptors (Lipinski definition) is 3. The average Bonchev–Trinajstić information content (AvgIpc) is 3.15. The number of unbranched alkanes of at least 4 members (excludes halogenated alkanes) is 14. The molecule has 0 aromatic carbocycles. The van der Waals surface area contributed by atoms with Crippen molar-refractivity contribution in [1.82, 2.24) is 9.55 Å². The van der Waals surface area contributed by atoms with E-state index in [9.17, 15) is 0 Å². The standard InChI is InChI=1S/C24H46N2O2/c1-2-3-4-5-6-7-8-9-10-11-12-13-14-15-16-17-24-25-18-19-26(24)20-22-28-23-21-27/h18-19,27H,2-17,20-23H2,1H3. The maximum Gasteiger partial charge on any atom is 0.108 e. The summed E-state index contributed by atoms with van der Waals surface area (Å²) in [6, 6.07) is 0.